The summed E-state index contributed by atoms with van der Waals surface area (Å²) in [6.07, 6.45) is 0. The Morgan fingerprint density at radius 2 is 1.73 bits per heavy atom. The van der Waals surface area contributed by atoms with Crippen LogP contribution in [0.3, 0.4) is 0 Å². The predicted octanol–water partition coefficient (Wildman–Crippen LogP) is 6.64. The molecular formula is C22H23F3INO2Si. The van der Waals surface area contributed by atoms with Crippen LogP contribution in [0.1, 0.15) is 36.7 Å². The highest BCUT2D eigenvalue weighted by atomic mass is 127. The first kappa shape index (κ1) is 24.3. The van der Waals surface area contributed by atoms with Gasteiger partial charge in [0.25, 0.3) is 0 Å². The summed E-state index contributed by atoms with van der Waals surface area (Å²) >= 11 is 1.93. The van der Waals surface area contributed by atoms with E-state index in [0.717, 1.165) is 6.07 Å². The summed E-state index contributed by atoms with van der Waals surface area (Å²) in [6, 6.07) is 5.09. The van der Waals surface area contributed by atoms with Crippen molar-refractivity contribution in [1.82, 2.24) is 0 Å². The van der Waals surface area contributed by atoms with E-state index in [4.69, 9.17) is 4.74 Å². The Morgan fingerprint density at radius 1 is 1.10 bits per heavy atom. The van der Waals surface area contributed by atoms with Gasteiger partial charge in [0.05, 0.1) is 11.4 Å². The molecule has 0 saturated heterocycles. The quantitative estimate of drug-likeness (QED) is 0.204. The smallest absolute Gasteiger partial charge is 0.342 e. The minimum Gasteiger partial charge on any atom is -0.456 e. The second-order valence-corrected chi connectivity index (χ2v) is 14.7. The molecule has 0 bridgehead atoms. The lowest BCUT2D eigenvalue weighted by atomic mass is 10.0. The number of carbonyl (C=O) groups is 1. The van der Waals surface area contributed by atoms with Crippen molar-refractivity contribution >= 4 is 48.0 Å². The molecule has 0 aliphatic heterocycles. The molecule has 0 aliphatic carbocycles. The molecule has 0 heterocycles. The molecule has 0 aliphatic rings. The van der Waals surface area contributed by atoms with Crippen molar-refractivity contribution in [3.05, 3.63) is 56.4 Å². The Hall–Kier alpha value is -1.99. The minimum atomic E-state index is -1.89. The van der Waals surface area contributed by atoms with Gasteiger partial charge in [-0.05, 0) is 67.6 Å². The van der Waals surface area contributed by atoms with E-state index in [9.17, 15) is 18.0 Å². The number of hydrogen-bond acceptors (Lipinski definition) is 3. The van der Waals surface area contributed by atoms with Crippen LogP contribution in [0, 0.1) is 32.5 Å². The summed E-state index contributed by atoms with van der Waals surface area (Å²) in [5.41, 5.74) is 1.27. The lowest BCUT2D eigenvalue weighted by Gasteiger charge is -2.22. The van der Waals surface area contributed by atoms with E-state index in [2.05, 4.69) is 16.8 Å². The highest BCUT2D eigenvalue weighted by Crippen LogP contribution is 2.32. The molecule has 0 atom stereocenters. The van der Waals surface area contributed by atoms with Crippen LogP contribution in [0.5, 0.6) is 0 Å². The lowest BCUT2D eigenvalue weighted by Crippen LogP contribution is -2.25. The number of halogens is 4. The molecule has 0 amide bonds. The zero-order valence-corrected chi connectivity index (χ0v) is 20.8. The number of esters is 1. The van der Waals surface area contributed by atoms with E-state index in [1.54, 1.807) is 26.8 Å². The maximum absolute atomic E-state index is 14.8. The predicted molar refractivity (Wildman–Crippen MR) is 124 cm³/mol. The number of benzene rings is 2. The van der Waals surface area contributed by atoms with Gasteiger partial charge in [-0.2, -0.15) is 0 Å². The van der Waals surface area contributed by atoms with E-state index in [1.165, 1.54) is 12.1 Å². The van der Waals surface area contributed by atoms with Gasteiger partial charge in [0.1, 0.15) is 25.1 Å². The molecule has 8 heteroatoms. The van der Waals surface area contributed by atoms with Crippen molar-refractivity contribution < 1.29 is 22.7 Å². The van der Waals surface area contributed by atoms with Crippen LogP contribution in [-0.2, 0) is 4.74 Å². The third-order valence-electron chi connectivity index (χ3n) is 3.59. The van der Waals surface area contributed by atoms with Crippen LogP contribution in [0.25, 0.3) is 0 Å². The summed E-state index contributed by atoms with van der Waals surface area (Å²) in [7, 11) is -1.89. The van der Waals surface area contributed by atoms with Gasteiger partial charge in [-0.25, -0.2) is 18.0 Å². The fourth-order valence-corrected chi connectivity index (χ4v) is 3.33. The van der Waals surface area contributed by atoms with Gasteiger partial charge >= 0.3 is 5.97 Å². The first-order chi connectivity index (χ1) is 13.7. The molecule has 0 aromatic heterocycles. The molecule has 30 heavy (non-hydrogen) atoms. The molecule has 2 aromatic rings. The largest absolute Gasteiger partial charge is 0.456 e. The van der Waals surface area contributed by atoms with Gasteiger partial charge in [-0.15, -0.1) is 5.54 Å². The second-order valence-electron chi connectivity index (χ2n) is 8.72. The molecule has 160 valence electrons. The highest BCUT2D eigenvalue weighted by Gasteiger charge is 2.28. The molecule has 3 nitrogen and oxygen atoms in total. The van der Waals surface area contributed by atoms with Crippen LogP contribution >= 0.6 is 22.6 Å². The highest BCUT2D eigenvalue weighted by molar-refractivity contribution is 14.1. The number of carbonyl (C=O) groups excluding carboxylic acids is 1. The third kappa shape index (κ3) is 6.50. The molecule has 0 saturated carbocycles. The molecule has 2 rings (SSSR count). The first-order valence-corrected chi connectivity index (χ1v) is 13.8. The van der Waals surface area contributed by atoms with E-state index in [-0.39, 0.29) is 16.8 Å². The van der Waals surface area contributed by atoms with Gasteiger partial charge in [0, 0.05) is 9.13 Å². The van der Waals surface area contributed by atoms with Gasteiger partial charge in [-0.1, -0.05) is 25.6 Å². The maximum Gasteiger partial charge on any atom is 0.342 e. The van der Waals surface area contributed by atoms with E-state index in [1.807, 2.05) is 42.2 Å². The van der Waals surface area contributed by atoms with Crippen molar-refractivity contribution in [1.29, 1.82) is 0 Å². The third-order valence-corrected chi connectivity index (χ3v) is 5.13. The first-order valence-electron chi connectivity index (χ1n) is 9.18. The Kier molecular flexibility index (Phi) is 7.30. The molecule has 0 spiro atoms. The van der Waals surface area contributed by atoms with Crippen molar-refractivity contribution in [2.45, 2.75) is 46.0 Å². The summed E-state index contributed by atoms with van der Waals surface area (Å²) in [5, 5.41) is 2.53. The Bertz CT molecular complexity index is 1050. The van der Waals surface area contributed by atoms with Crippen molar-refractivity contribution in [3.63, 3.8) is 0 Å². The van der Waals surface area contributed by atoms with Crippen molar-refractivity contribution in [2.24, 2.45) is 0 Å². The second kappa shape index (κ2) is 9.02. The van der Waals surface area contributed by atoms with E-state index >= 15 is 0 Å². The van der Waals surface area contributed by atoms with Gasteiger partial charge in [0.15, 0.2) is 11.6 Å². The summed E-state index contributed by atoms with van der Waals surface area (Å²) < 4.78 is 49.6. The number of anilines is 2. The average Bonchev–Trinajstić information content (AvgIpc) is 2.57. The fourth-order valence-electron chi connectivity index (χ4n) is 2.36. The Balaban J connectivity index is 2.75. The summed E-state index contributed by atoms with van der Waals surface area (Å²) in [5.74, 6) is -1.25. The lowest BCUT2D eigenvalue weighted by molar-refractivity contribution is 0.00699. The van der Waals surface area contributed by atoms with Gasteiger partial charge in [-0.3, -0.25) is 0 Å². The molecule has 0 radical (unpaired) electrons. The molecule has 2 aromatic carbocycles. The minimum absolute atomic E-state index is 0.0148. The Labute approximate surface area is 189 Å². The van der Waals surface area contributed by atoms with Crippen molar-refractivity contribution in [3.8, 4) is 11.5 Å². The van der Waals surface area contributed by atoms with Crippen LogP contribution < -0.4 is 5.32 Å². The van der Waals surface area contributed by atoms with Crippen LogP contribution in [-0.4, -0.2) is 19.6 Å². The number of hydrogen-bond donors (Lipinski definition) is 1. The SMILES string of the molecule is CC(C)(C)OC(=O)c1c(C#C[Si](C)(C)C)cc(F)c(F)c1Nc1ccc(I)cc1F. The van der Waals surface area contributed by atoms with Crippen LogP contribution in [0.15, 0.2) is 24.3 Å². The number of nitrogens with one attached hydrogen (secondary N) is 1. The normalized spacial score (nSPS) is 11.5. The topological polar surface area (TPSA) is 38.3 Å². The summed E-state index contributed by atoms with van der Waals surface area (Å²) in [4.78, 5) is 12.9. The zero-order valence-electron chi connectivity index (χ0n) is 17.6. The zero-order chi connectivity index (χ0) is 22.9. The fraction of sp³-hybridized carbons (Fsp3) is 0.318. The molecule has 0 fully saturated rings. The average molecular weight is 545 g/mol. The standard InChI is InChI=1S/C22H23F3INO2Si/c1-22(2,3)29-21(28)18-13(9-10-30(4,5)6)11-16(24)19(25)20(18)27-17-8-7-14(26)12-15(17)23/h7-8,11-12,27H,1-6H3. The monoisotopic (exact) mass is 545 g/mol. The number of rotatable bonds is 3. The molecule has 0 unspecified atom stereocenters. The van der Waals surface area contributed by atoms with Gasteiger partial charge in [0.2, 0.25) is 0 Å². The summed E-state index contributed by atoms with van der Waals surface area (Å²) in [6.45, 7) is 10.9. The van der Waals surface area contributed by atoms with Crippen molar-refractivity contribution in [2.75, 3.05) is 5.32 Å². The van der Waals surface area contributed by atoms with E-state index < -0.39 is 42.8 Å². The van der Waals surface area contributed by atoms with E-state index in [0.29, 0.717) is 3.57 Å². The Morgan fingerprint density at radius 3 is 2.27 bits per heavy atom. The number of ether oxygens (including phenoxy) is 1. The van der Waals surface area contributed by atoms with Gasteiger partial charge < -0.3 is 10.1 Å². The maximum atomic E-state index is 14.8. The molecule has 1 N–H and O–H groups in total. The van der Waals surface area contributed by atoms with Crippen LogP contribution in [0.2, 0.25) is 19.6 Å². The van der Waals surface area contributed by atoms with Crippen LogP contribution in [0.4, 0.5) is 24.5 Å². The molecular weight excluding hydrogens is 522 g/mol.